The number of pyridine rings is 1. The van der Waals surface area contributed by atoms with Crippen molar-refractivity contribution in [1.82, 2.24) is 10.3 Å². The zero-order chi connectivity index (χ0) is 12.8. The molecule has 0 spiro atoms. The van der Waals surface area contributed by atoms with Gasteiger partial charge in [-0.25, -0.2) is 0 Å². The van der Waals surface area contributed by atoms with Crippen molar-refractivity contribution in [1.29, 1.82) is 0 Å². The number of likely N-dealkylation sites (N-methyl/N-ethyl adjacent to an activating group) is 1. The molecule has 1 saturated carbocycles. The van der Waals surface area contributed by atoms with Gasteiger partial charge in [-0.3, -0.25) is 4.98 Å². The summed E-state index contributed by atoms with van der Waals surface area (Å²) < 4.78 is 5.67. The third-order valence-corrected chi connectivity index (χ3v) is 3.77. The molecule has 1 aromatic heterocycles. The second-order valence-corrected chi connectivity index (χ2v) is 5.09. The molecular formula is C15H24N2O. The highest BCUT2D eigenvalue weighted by Crippen LogP contribution is 2.33. The summed E-state index contributed by atoms with van der Waals surface area (Å²) in [7, 11) is 2.06. The lowest BCUT2D eigenvalue weighted by molar-refractivity contribution is 0.312. The number of ether oxygens (including phenoxy) is 1. The minimum atomic E-state index is 0.585. The monoisotopic (exact) mass is 248 g/mol. The SMILES string of the molecule is CCCOc1cncc(C2CCCCC2NC)c1. The fourth-order valence-electron chi connectivity index (χ4n) is 2.81. The summed E-state index contributed by atoms with van der Waals surface area (Å²) in [4.78, 5) is 4.33. The molecule has 3 nitrogen and oxygen atoms in total. The van der Waals surface area contributed by atoms with Gasteiger partial charge in [-0.2, -0.15) is 0 Å². The minimum Gasteiger partial charge on any atom is -0.492 e. The Balaban J connectivity index is 2.10. The van der Waals surface area contributed by atoms with Crippen molar-refractivity contribution in [3.8, 4) is 5.75 Å². The van der Waals surface area contributed by atoms with E-state index in [9.17, 15) is 0 Å². The quantitative estimate of drug-likeness (QED) is 0.869. The zero-order valence-electron chi connectivity index (χ0n) is 11.5. The highest BCUT2D eigenvalue weighted by Gasteiger charge is 2.25. The number of rotatable bonds is 5. The van der Waals surface area contributed by atoms with Crippen molar-refractivity contribution in [2.45, 2.75) is 51.0 Å². The molecular weight excluding hydrogens is 224 g/mol. The lowest BCUT2D eigenvalue weighted by Gasteiger charge is -2.31. The first-order valence-corrected chi connectivity index (χ1v) is 7.10. The second-order valence-electron chi connectivity index (χ2n) is 5.09. The standard InChI is InChI=1S/C15H24N2O/c1-3-8-18-13-9-12(10-17-11-13)14-6-4-5-7-15(14)16-2/h9-11,14-16H,3-8H2,1-2H3. The van der Waals surface area contributed by atoms with Gasteiger partial charge in [-0.05, 0) is 37.9 Å². The smallest absolute Gasteiger partial charge is 0.137 e. The third-order valence-electron chi connectivity index (χ3n) is 3.77. The summed E-state index contributed by atoms with van der Waals surface area (Å²) in [5.41, 5.74) is 1.32. The predicted molar refractivity (Wildman–Crippen MR) is 74.1 cm³/mol. The number of nitrogens with zero attached hydrogens (tertiary/aromatic N) is 1. The molecule has 0 aliphatic heterocycles. The molecule has 18 heavy (non-hydrogen) atoms. The second kappa shape index (κ2) is 6.74. The molecule has 2 atom stereocenters. The van der Waals surface area contributed by atoms with Crippen molar-refractivity contribution in [2.75, 3.05) is 13.7 Å². The Bertz CT molecular complexity index is 367. The van der Waals surface area contributed by atoms with E-state index in [-0.39, 0.29) is 0 Å². The molecule has 2 rings (SSSR count). The van der Waals surface area contributed by atoms with Gasteiger partial charge < -0.3 is 10.1 Å². The van der Waals surface area contributed by atoms with Gasteiger partial charge in [0.05, 0.1) is 12.8 Å². The van der Waals surface area contributed by atoms with Crippen LogP contribution in [-0.2, 0) is 0 Å². The van der Waals surface area contributed by atoms with E-state index in [4.69, 9.17) is 4.74 Å². The topological polar surface area (TPSA) is 34.1 Å². The van der Waals surface area contributed by atoms with Crippen LogP contribution in [0.25, 0.3) is 0 Å². The van der Waals surface area contributed by atoms with Crippen LogP contribution >= 0.6 is 0 Å². The van der Waals surface area contributed by atoms with Crippen LogP contribution in [0.4, 0.5) is 0 Å². The maximum atomic E-state index is 5.67. The number of aromatic nitrogens is 1. The van der Waals surface area contributed by atoms with Crippen LogP contribution in [0.15, 0.2) is 18.5 Å². The van der Waals surface area contributed by atoms with Crippen LogP contribution in [-0.4, -0.2) is 24.7 Å². The zero-order valence-corrected chi connectivity index (χ0v) is 11.5. The first kappa shape index (κ1) is 13.3. The maximum Gasteiger partial charge on any atom is 0.137 e. The molecule has 1 heterocycles. The Morgan fingerprint density at radius 1 is 1.33 bits per heavy atom. The summed E-state index contributed by atoms with van der Waals surface area (Å²) in [5.74, 6) is 1.50. The molecule has 0 aromatic carbocycles. The van der Waals surface area contributed by atoms with E-state index in [1.54, 1.807) is 0 Å². The van der Waals surface area contributed by atoms with E-state index >= 15 is 0 Å². The normalized spacial score (nSPS) is 23.9. The Labute approximate surface area is 110 Å². The van der Waals surface area contributed by atoms with E-state index in [0.29, 0.717) is 12.0 Å². The molecule has 1 aliphatic rings. The lowest BCUT2D eigenvalue weighted by Crippen LogP contribution is -2.34. The van der Waals surface area contributed by atoms with E-state index in [2.05, 4.69) is 30.3 Å². The number of hydrogen-bond donors (Lipinski definition) is 1. The predicted octanol–water partition coefficient (Wildman–Crippen LogP) is 3.12. The van der Waals surface area contributed by atoms with Crippen LogP contribution in [0.1, 0.15) is 50.5 Å². The maximum absolute atomic E-state index is 5.67. The summed E-state index contributed by atoms with van der Waals surface area (Å²) >= 11 is 0. The van der Waals surface area contributed by atoms with Gasteiger partial charge in [0, 0.05) is 18.2 Å². The molecule has 1 aliphatic carbocycles. The number of hydrogen-bond acceptors (Lipinski definition) is 3. The van der Waals surface area contributed by atoms with Crippen molar-refractivity contribution in [3.05, 3.63) is 24.0 Å². The van der Waals surface area contributed by atoms with E-state index in [1.165, 1.54) is 31.2 Å². The molecule has 100 valence electrons. The molecule has 0 amide bonds. The molecule has 1 N–H and O–H groups in total. The largest absolute Gasteiger partial charge is 0.492 e. The Morgan fingerprint density at radius 3 is 2.94 bits per heavy atom. The van der Waals surface area contributed by atoms with Crippen LogP contribution < -0.4 is 10.1 Å². The lowest BCUT2D eigenvalue weighted by atomic mass is 9.80. The summed E-state index contributed by atoms with van der Waals surface area (Å²) in [6.07, 6.45) is 10.0. The molecule has 1 aromatic rings. The van der Waals surface area contributed by atoms with Crippen LogP contribution in [0.5, 0.6) is 5.75 Å². The molecule has 1 fully saturated rings. The fourth-order valence-corrected chi connectivity index (χ4v) is 2.81. The van der Waals surface area contributed by atoms with Gasteiger partial charge in [-0.15, -0.1) is 0 Å². The van der Waals surface area contributed by atoms with E-state index in [1.807, 2.05) is 12.4 Å². The first-order chi connectivity index (χ1) is 8.85. The Hall–Kier alpha value is -1.09. The molecule has 3 heteroatoms. The molecule has 0 saturated heterocycles. The van der Waals surface area contributed by atoms with Gasteiger partial charge in [0.15, 0.2) is 0 Å². The average molecular weight is 248 g/mol. The van der Waals surface area contributed by atoms with Crippen LogP contribution in [0.2, 0.25) is 0 Å². The van der Waals surface area contributed by atoms with Crippen molar-refractivity contribution >= 4 is 0 Å². The summed E-state index contributed by atoms with van der Waals surface area (Å²) in [6.45, 7) is 2.89. The van der Waals surface area contributed by atoms with Gasteiger partial charge in [0.1, 0.15) is 5.75 Å². The highest BCUT2D eigenvalue weighted by atomic mass is 16.5. The number of nitrogens with one attached hydrogen (secondary N) is 1. The molecule has 2 unspecified atom stereocenters. The van der Waals surface area contributed by atoms with Crippen LogP contribution in [0.3, 0.4) is 0 Å². The van der Waals surface area contributed by atoms with Crippen molar-refractivity contribution < 1.29 is 4.74 Å². The van der Waals surface area contributed by atoms with Gasteiger partial charge in [0.25, 0.3) is 0 Å². The molecule has 0 radical (unpaired) electrons. The Morgan fingerprint density at radius 2 is 2.17 bits per heavy atom. The average Bonchev–Trinajstić information content (AvgIpc) is 2.45. The van der Waals surface area contributed by atoms with Crippen LogP contribution in [0, 0.1) is 0 Å². The summed E-state index contributed by atoms with van der Waals surface area (Å²) in [5, 5.41) is 3.45. The van der Waals surface area contributed by atoms with Crippen molar-refractivity contribution in [3.63, 3.8) is 0 Å². The first-order valence-electron chi connectivity index (χ1n) is 7.10. The van der Waals surface area contributed by atoms with Crippen molar-refractivity contribution in [2.24, 2.45) is 0 Å². The fraction of sp³-hybridized carbons (Fsp3) is 0.667. The van der Waals surface area contributed by atoms with E-state index in [0.717, 1.165) is 18.8 Å². The van der Waals surface area contributed by atoms with Gasteiger partial charge >= 0.3 is 0 Å². The van der Waals surface area contributed by atoms with E-state index < -0.39 is 0 Å². The third kappa shape index (κ3) is 3.22. The Kier molecular flexibility index (Phi) is 5.00. The minimum absolute atomic E-state index is 0.585. The van der Waals surface area contributed by atoms with Gasteiger partial charge in [0.2, 0.25) is 0 Å². The summed E-state index contributed by atoms with van der Waals surface area (Å²) in [6, 6.07) is 2.75. The highest BCUT2D eigenvalue weighted by molar-refractivity contribution is 5.27. The van der Waals surface area contributed by atoms with Gasteiger partial charge in [-0.1, -0.05) is 19.8 Å². The molecule has 0 bridgehead atoms.